The van der Waals surface area contributed by atoms with Crippen LogP contribution in [0.3, 0.4) is 0 Å². The second-order valence-electron chi connectivity index (χ2n) is 9.63. The molecule has 0 amide bonds. The Bertz CT molecular complexity index is 1050. The maximum Gasteiger partial charge on any atom is 0.222 e. The SMILES string of the molecule is COC1=C(Cn2ncc3nc(N)nc(N)c32)N=CC(C2CCN(C3CCN(C)CC3)CC2)C1. The van der Waals surface area contributed by atoms with Crippen molar-refractivity contribution in [2.24, 2.45) is 16.8 Å². The number of aromatic nitrogens is 4. The smallest absolute Gasteiger partial charge is 0.222 e. The van der Waals surface area contributed by atoms with Crippen LogP contribution in [0, 0.1) is 11.8 Å². The molecule has 1 atom stereocenters. The molecule has 0 aliphatic carbocycles. The summed E-state index contributed by atoms with van der Waals surface area (Å²) in [6, 6.07) is 0.763. The van der Waals surface area contributed by atoms with Gasteiger partial charge in [-0.1, -0.05) is 0 Å². The number of anilines is 2. The van der Waals surface area contributed by atoms with Crippen LogP contribution in [0.25, 0.3) is 11.0 Å². The Morgan fingerprint density at radius 1 is 1.06 bits per heavy atom. The molecule has 10 heteroatoms. The summed E-state index contributed by atoms with van der Waals surface area (Å²) < 4.78 is 7.56. The van der Waals surface area contributed by atoms with Crippen LogP contribution in [-0.2, 0) is 11.3 Å². The molecule has 2 fully saturated rings. The average Bonchev–Trinajstić information content (AvgIpc) is 3.22. The number of methoxy groups -OCH3 is 1. The second-order valence-corrected chi connectivity index (χ2v) is 9.63. The number of aliphatic imine (C=N–C) groups is 1. The predicted octanol–water partition coefficient (Wildman–Crippen LogP) is 1.75. The van der Waals surface area contributed by atoms with E-state index in [1.54, 1.807) is 18.0 Å². The highest BCUT2D eigenvalue weighted by Gasteiger charge is 2.32. The molecule has 2 aromatic heterocycles. The molecular formula is C23H35N9O. The maximum absolute atomic E-state index is 6.08. The first-order valence-corrected chi connectivity index (χ1v) is 12.0. The molecular weight excluding hydrogens is 418 g/mol. The highest BCUT2D eigenvalue weighted by Crippen LogP contribution is 2.34. The van der Waals surface area contributed by atoms with E-state index in [-0.39, 0.29) is 5.95 Å². The summed E-state index contributed by atoms with van der Waals surface area (Å²) in [6.07, 6.45) is 9.74. The molecule has 10 nitrogen and oxygen atoms in total. The number of nitrogens with two attached hydrogens (primary N) is 2. The molecule has 5 heterocycles. The van der Waals surface area contributed by atoms with Crippen LogP contribution in [0.5, 0.6) is 0 Å². The largest absolute Gasteiger partial charge is 0.499 e. The Hall–Kier alpha value is -2.72. The van der Waals surface area contributed by atoms with Crippen LogP contribution < -0.4 is 11.5 Å². The van der Waals surface area contributed by atoms with Crippen LogP contribution in [0.1, 0.15) is 32.1 Å². The Morgan fingerprint density at radius 3 is 2.55 bits per heavy atom. The topological polar surface area (TPSA) is 124 Å². The molecule has 0 bridgehead atoms. The van der Waals surface area contributed by atoms with Gasteiger partial charge in [0.2, 0.25) is 5.95 Å². The Morgan fingerprint density at radius 2 is 1.82 bits per heavy atom. The average molecular weight is 454 g/mol. The number of ether oxygens (including phenoxy) is 1. The number of piperidine rings is 2. The van der Waals surface area contributed by atoms with Gasteiger partial charge in [-0.05, 0) is 64.8 Å². The van der Waals surface area contributed by atoms with Gasteiger partial charge in [0.25, 0.3) is 0 Å². The quantitative estimate of drug-likeness (QED) is 0.702. The molecule has 1 unspecified atom stereocenters. The fourth-order valence-electron chi connectivity index (χ4n) is 5.64. The lowest BCUT2D eigenvalue weighted by Gasteiger charge is -2.42. The van der Waals surface area contributed by atoms with Crippen molar-refractivity contribution < 1.29 is 4.74 Å². The Kier molecular flexibility index (Phi) is 6.20. The van der Waals surface area contributed by atoms with Crippen molar-refractivity contribution in [1.29, 1.82) is 0 Å². The molecule has 3 aliphatic heterocycles. The molecule has 0 aromatic carbocycles. The van der Waals surface area contributed by atoms with Gasteiger partial charge in [0, 0.05) is 24.6 Å². The van der Waals surface area contributed by atoms with Crippen molar-refractivity contribution in [1.82, 2.24) is 29.5 Å². The van der Waals surface area contributed by atoms with Gasteiger partial charge in [-0.3, -0.25) is 9.67 Å². The van der Waals surface area contributed by atoms with Crippen molar-refractivity contribution in [3.8, 4) is 0 Å². The number of hydrogen-bond donors (Lipinski definition) is 2. The minimum atomic E-state index is 0.150. The Balaban J connectivity index is 1.23. The van der Waals surface area contributed by atoms with Gasteiger partial charge >= 0.3 is 0 Å². The van der Waals surface area contributed by atoms with E-state index in [4.69, 9.17) is 21.2 Å². The number of allylic oxidation sites excluding steroid dienone is 2. The predicted molar refractivity (Wildman–Crippen MR) is 130 cm³/mol. The molecule has 0 spiro atoms. The summed E-state index contributed by atoms with van der Waals surface area (Å²) in [6.45, 7) is 5.30. The van der Waals surface area contributed by atoms with Gasteiger partial charge < -0.3 is 26.0 Å². The zero-order valence-electron chi connectivity index (χ0n) is 19.7. The van der Waals surface area contributed by atoms with Crippen LogP contribution in [0.15, 0.2) is 22.6 Å². The van der Waals surface area contributed by atoms with E-state index in [0.29, 0.717) is 35.2 Å². The second kappa shape index (κ2) is 9.26. The van der Waals surface area contributed by atoms with E-state index >= 15 is 0 Å². The number of nitrogen functional groups attached to an aromatic ring is 2. The van der Waals surface area contributed by atoms with Gasteiger partial charge in [-0.25, -0.2) is 4.98 Å². The summed E-state index contributed by atoms with van der Waals surface area (Å²) in [4.78, 5) is 18.3. The summed E-state index contributed by atoms with van der Waals surface area (Å²) in [5, 5.41) is 4.43. The highest BCUT2D eigenvalue weighted by atomic mass is 16.5. The van der Waals surface area contributed by atoms with Gasteiger partial charge in [0.1, 0.15) is 16.8 Å². The number of likely N-dealkylation sites (tertiary alicyclic amines) is 2. The van der Waals surface area contributed by atoms with Crippen LogP contribution in [0.2, 0.25) is 0 Å². The van der Waals surface area contributed by atoms with E-state index in [9.17, 15) is 0 Å². The standard InChI is InChI=1S/C23H35N9O/c1-30-7-5-17(6-8-30)31-9-3-15(4-10-31)16-11-20(33-2)19(26-12-16)14-32-21-18(13-27-32)28-23(25)29-22(21)24/h12-13,15-17H,3-11,14H2,1-2H3,(H4,24,25,28,29). The van der Waals surface area contributed by atoms with E-state index in [0.717, 1.165) is 23.9 Å². The minimum Gasteiger partial charge on any atom is -0.499 e. The van der Waals surface area contributed by atoms with Gasteiger partial charge in [0.05, 0.1) is 25.5 Å². The summed E-state index contributed by atoms with van der Waals surface area (Å²) in [5.41, 5.74) is 14.0. The summed E-state index contributed by atoms with van der Waals surface area (Å²) in [7, 11) is 3.96. The third-order valence-corrected chi connectivity index (χ3v) is 7.63. The van der Waals surface area contributed by atoms with Crippen LogP contribution in [-0.4, -0.2) is 82.1 Å². The fourth-order valence-corrected chi connectivity index (χ4v) is 5.64. The molecule has 0 saturated carbocycles. The first-order valence-electron chi connectivity index (χ1n) is 12.0. The minimum absolute atomic E-state index is 0.150. The van der Waals surface area contributed by atoms with E-state index < -0.39 is 0 Å². The lowest BCUT2D eigenvalue weighted by atomic mass is 9.81. The lowest BCUT2D eigenvalue weighted by molar-refractivity contribution is 0.0771. The van der Waals surface area contributed by atoms with Gasteiger partial charge in [0.15, 0.2) is 5.82 Å². The van der Waals surface area contributed by atoms with Crippen molar-refractivity contribution in [2.45, 2.75) is 44.7 Å². The first-order chi connectivity index (χ1) is 16.0. The molecule has 5 rings (SSSR count). The summed E-state index contributed by atoms with van der Waals surface area (Å²) in [5.74, 6) is 2.48. The highest BCUT2D eigenvalue weighted by molar-refractivity contribution is 5.85. The maximum atomic E-state index is 6.08. The van der Waals surface area contributed by atoms with Gasteiger partial charge in [-0.2, -0.15) is 10.1 Å². The van der Waals surface area contributed by atoms with Crippen molar-refractivity contribution in [2.75, 3.05) is 51.8 Å². The van der Waals surface area contributed by atoms with Gasteiger partial charge in [-0.15, -0.1) is 0 Å². The van der Waals surface area contributed by atoms with Crippen molar-refractivity contribution in [3.63, 3.8) is 0 Å². The monoisotopic (exact) mass is 453 g/mol. The number of fused-ring (bicyclic) bond motifs is 1. The molecule has 33 heavy (non-hydrogen) atoms. The first kappa shape index (κ1) is 22.1. The normalized spacial score (nSPS) is 24.1. The third kappa shape index (κ3) is 4.54. The van der Waals surface area contributed by atoms with Crippen LogP contribution in [0.4, 0.5) is 11.8 Å². The molecule has 2 saturated heterocycles. The molecule has 3 aliphatic rings. The molecule has 2 aromatic rings. The third-order valence-electron chi connectivity index (χ3n) is 7.63. The number of nitrogens with zero attached hydrogens (tertiary/aromatic N) is 7. The van der Waals surface area contributed by atoms with Crippen LogP contribution >= 0.6 is 0 Å². The lowest BCUT2D eigenvalue weighted by Crippen LogP contribution is -2.47. The summed E-state index contributed by atoms with van der Waals surface area (Å²) >= 11 is 0. The van der Waals surface area contributed by atoms with E-state index in [2.05, 4.69) is 38.1 Å². The molecule has 0 radical (unpaired) electrons. The number of rotatable bonds is 5. The number of hydrogen-bond acceptors (Lipinski definition) is 9. The zero-order chi connectivity index (χ0) is 22.9. The van der Waals surface area contributed by atoms with Crippen molar-refractivity contribution >= 4 is 29.0 Å². The van der Waals surface area contributed by atoms with E-state index in [1.807, 2.05) is 0 Å². The Labute approximate surface area is 194 Å². The molecule has 4 N–H and O–H groups in total. The zero-order valence-corrected chi connectivity index (χ0v) is 19.7. The molecule has 178 valence electrons. The van der Waals surface area contributed by atoms with E-state index in [1.165, 1.54) is 51.9 Å². The van der Waals surface area contributed by atoms with Crippen molar-refractivity contribution in [3.05, 3.63) is 17.7 Å². The fraction of sp³-hybridized carbons (Fsp3) is 0.652.